The molecule has 2 aliphatic heterocycles. The molecule has 6 heteroatoms. The van der Waals surface area contributed by atoms with Crippen molar-refractivity contribution >= 4 is 11.8 Å². The van der Waals surface area contributed by atoms with Crippen molar-refractivity contribution in [1.82, 2.24) is 0 Å². The Morgan fingerprint density at radius 1 is 1.27 bits per heavy atom. The Morgan fingerprint density at radius 2 is 2.04 bits per heavy atom. The number of hydrogen-bond donors (Lipinski definition) is 1. The number of ketones is 1. The SMILES string of the molecule is C[C@@H]1CC(=O)[C@@]2(C)[C@](O)(CC[C@H]3O[C@]32C)[C@@]12CC(c1ccoc1)OC2=O. The summed E-state index contributed by atoms with van der Waals surface area (Å²) >= 11 is 0. The quantitative estimate of drug-likeness (QED) is 0.611. The van der Waals surface area contributed by atoms with E-state index in [2.05, 4.69) is 0 Å². The summed E-state index contributed by atoms with van der Waals surface area (Å²) < 4.78 is 16.8. The third-order valence-electron chi connectivity index (χ3n) is 8.20. The topological polar surface area (TPSA) is 89.3 Å². The molecule has 0 amide bonds. The lowest BCUT2D eigenvalue weighted by Gasteiger charge is -2.61. The highest BCUT2D eigenvalue weighted by molar-refractivity contribution is 5.94. The number of carbonyl (C=O) groups is 2. The highest BCUT2D eigenvalue weighted by atomic mass is 16.6. The van der Waals surface area contributed by atoms with Gasteiger partial charge in [0.2, 0.25) is 0 Å². The van der Waals surface area contributed by atoms with Crippen LogP contribution in [0.25, 0.3) is 0 Å². The number of cyclic esters (lactones) is 1. The molecule has 6 nitrogen and oxygen atoms in total. The van der Waals surface area contributed by atoms with Gasteiger partial charge in [0, 0.05) is 18.4 Å². The standard InChI is InChI=1S/C20H24O6/c1-11-8-14(21)17(2)18(3)15(26-18)4-6-20(17,23)19(11)9-13(25-16(19)22)12-5-7-24-10-12/h5,7,10-11,13,15,23H,4,6,8-9H2,1-3H3/t11-,13?,15-,17-,18-,19+,20-/m1/s1. The first-order valence-corrected chi connectivity index (χ1v) is 9.37. The fourth-order valence-corrected chi connectivity index (χ4v) is 6.31. The zero-order chi connectivity index (χ0) is 18.5. The monoisotopic (exact) mass is 360 g/mol. The predicted molar refractivity (Wildman–Crippen MR) is 88.9 cm³/mol. The van der Waals surface area contributed by atoms with Crippen LogP contribution in [0.2, 0.25) is 0 Å². The van der Waals surface area contributed by atoms with Crippen LogP contribution in [0.1, 0.15) is 58.1 Å². The second-order valence-corrected chi connectivity index (χ2v) is 8.89. The van der Waals surface area contributed by atoms with E-state index in [0.717, 1.165) is 5.56 Å². The lowest BCUT2D eigenvalue weighted by atomic mass is 9.41. The van der Waals surface area contributed by atoms with Crippen LogP contribution in [0, 0.1) is 16.7 Å². The van der Waals surface area contributed by atoms with Crippen LogP contribution in [0.15, 0.2) is 23.0 Å². The molecule has 4 fully saturated rings. The molecular formula is C20H24O6. The predicted octanol–water partition coefficient (Wildman–Crippen LogP) is 2.55. The minimum Gasteiger partial charge on any atom is -0.472 e. The smallest absolute Gasteiger partial charge is 0.316 e. The second-order valence-electron chi connectivity index (χ2n) is 8.89. The Labute approximate surface area is 151 Å². The molecule has 5 rings (SSSR count). The van der Waals surface area contributed by atoms with Gasteiger partial charge in [-0.05, 0) is 38.7 Å². The van der Waals surface area contributed by atoms with E-state index in [-0.39, 0.29) is 24.2 Å². The van der Waals surface area contributed by atoms with Crippen LogP contribution in [0.5, 0.6) is 0 Å². The molecule has 1 aromatic heterocycles. The van der Waals surface area contributed by atoms with E-state index >= 15 is 0 Å². The number of carbonyl (C=O) groups excluding carboxylic acids is 2. The molecule has 0 aromatic carbocycles. The van der Waals surface area contributed by atoms with E-state index in [9.17, 15) is 14.7 Å². The average molecular weight is 360 g/mol. The number of rotatable bonds is 1. The van der Waals surface area contributed by atoms with Gasteiger partial charge in [0.1, 0.15) is 22.9 Å². The zero-order valence-corrected chi connectivity index (χ0v) is 15.3. The summed E-state index contributed by atoms with van der Waals surface area (Å²) in [6.07, 6.45) is 4.25. The molecule has 4 aliphatic rings. The summed E-state index contributed by atoms with van der Waals surface area (Å²) in [5, 5.41) is 12.1. The number of fused-ring (bicyclic) bond motifs is 4. The van der Waals surface area contributed by atoms with Gasteiger partial charge in [-0.3, -0.25) is 9.59 Å². The van der Waals surface area contributed by atoms with Crippen molar-refractivity contribution in [2.75, 3.05) is 0 Å². The minimum atomic E-state index is -1.48. The summed E-state index contributed by atoms with van der Waals surface area (Å²) in [6.45, 7) is 5.58. The maximum Gasteiger partial charge on any atom is 0.316 e. The van der Waals surface area contributed by atoms with Gasteiger partial charge in [-0.25, -0.2) is 0 Å². The molecular weight excluding hydrogens is 336 g/mol. The molecule has 26 heavy (non-hydrogen) atoms. The van der Waals surface area contributed by atoms with Crippen LogP contribution in [0.3, 0.4) is 0 Å². The normalized spacial score (nSPS) is 52.5. The maximum atomic E-state index is 13.2. The third kappa shape index (κ3) is 1.50. The van der Waals surface area contributed by atoms with Gasteiger partial charge in [0.25, 0.3) is 0 Å². The van der Waals surface area contributed by atoms with Gasteiger partial charge in [0.05, 0.1) is 29.6 Å². The van der Waals surface area contributed by atoms with E-state index in [4.69, 9.17) is 13.9 Å². The molecule has 1 unspecified atom stereocenters. The Morgan fingerprint density at radius 3 is 2.73 bits per heavy atom. The molecule has 7 atom stereocenters. The Bertz CT molecular complexity index is 801. The highest BCUT2D eigenvalue weighted by Crippen LogP contribution is 2.72. The van der Waals surface area contributed by atoms with E-state index < -0.39 is 34.1 Å². The lowest BCUT2D eigenvalue weighted by Crippen LogP contribution is -2.74. The fraction of sp³-hybridized carbons (Fsp3) is 0.700. The van der Waals surface area contributed by atoms with Crippen LogP contribution in [-0.4, -0.2) is 34.2 Å². The second kappa shape index (κ2) is 4.60. The van der Waals surface area contributed by atoms with Crippen molar-refractivity contribution in [2.45, 2.75) is 69.9 Å². The van der Waals surface area contributed by atoms with Crippen molar-refractivity contribution in [3.8, 4) is 0 Å². The molecule has 1 aromatic rings. The van der Waals surface area contributed by atoms with Crippen LogP contribution in [-0.2, 0) is 19.1 Å². The van der Waals surface area contributed by atoms with Gasteiger partial charge in [-0.15, -0.1) is 0 Å². The molecule has 2 aliphatic carbocycles. The van der Waals surface area contributed by atoms with Crippen LogP contribution in [0.4, 0.5) is 0 Å². The summed E-state index contributed by atoms with van der Waals surface area (Å²) in [7, 11) is 0. The van der Waals surface area contributed by atoms with Crippen LogP contribution >= 0.6 is 0 Å². The summed E-state index contributed by atoms with van der Waals surface area (Å²) in [5.74, 6) is -0.709. The van der Waals surface area contributed by atoms with Crippen molar-refractivity contribution in [3.05, 3.63) is 24.2 Å². The summed E-state index contributed by atoms with van der Waals surface area (Å²) in [4.78, 5) is 26.4. The first-order valence-electron chi connectivity index (χ1n) is 9.37. The Kier molecular flexibility index (Phi) is 2.92. The number of ether oxygens (including phenoxy) is 2. The van der Waals surface area contributed by atoms with Gasteiger partial charge in [-0.2, -0.15) is 0 Å². The minimum absolute atomic E-state index is 0.0117. The van der Waals surface area contributed by atoms with Gasteiger partial charge >= 0.3 is 5.97 Å². The zero-order valence-electron chi connectivity index (χ0n) is 15.3. The lowest BCUT2D eigenvalue weighted by molar-refractivity contribution is -0.230. The fourth-order valence-electron chi connectivity index (χ4n) is 6.31. The van der Waals surface area contributed by atoms with E-state index in [1.165, 1.54) is 0 Å². The first-order chi connectivity index (χ1) is 12.2. The third-order valence-corrected chi connectivity index (χ3v) is 8.20. The molecule has 2 saturated heterocycles. The average Bonchev–Trinajstić information content (AvgIpc) is 2.97. The van der Waals surface area contributed by atoms with Crippen LogP contribution < -0.4 is 0 Å². The molecule has 0 radical (unpaired) electrons. The van der Waals surface area contributed by atoms with Crippen molar-refractivity contribution < 1.29 is 28.6 Å². The number of aliphatic hydroxyl groups is 1. The van der Waals surface area contributed by atoms with Crippen molar-refractivity contribution in [3.63, 3.8) is 0 Å². The van der Waals surface area contributed by atoms with E-state index in [1.807, 2.05) is 13.8 Å². The first kappa shape index (κ1) is 16.5. The number of Topliss-reactive ketones (excluding diaryl/α,β-unsaturated/α-hetero) is 1. The Hall–Kier alpha value is -1.66. The number of hydrogen-bond acceptors (Lipinski definition) is 6. The maximum absolute atomic E-state index is 13.2. The van der Waals surface area contributed by atoms with Gasteiger partial charge < -0.3 is 19.0 Å². The van der Waals surface area contributed by atoms with E-state index in [0.29, 0.717) is 19.3 Å². The van der Waals surface area contributed by atoms with Crippen molar-refractivity contribution in [1.29, 1.82) is 0 Å². The van der Waals surface area contributed by atoms with E-state index in [1.54, 1.807) is 25.5 Å². The summed E-state index contributed by atoms with van der Waals surface area (Å²) in [5.41, 5.74) is -3.63. The largest absolute Gasteiger partial charge is 0.472 e. The summed E-state index contributed by atoms with van der Waals surface area (Å²) in [6, 6.07) is 1.78. The molecule has 1 N–H and O–H groups in total. The number of epoxide rings is 1. The highest BCUT2D eigenvalue weighted by Gasteiger charge is 2.84. The van der Waals surface area contributed by atoms with Crippen molar-refractivity contribution in [2.24, 2.45) is 16.7 Å². The molecule has 2 saturated carbocycles. The van der Waals surface area contributed by atoms with Gasteiger partial charge in [-0.1, -0.05) is 6.92 Å². The molecule has 3 heterocycles. The molecule has 1 spiro atoms. The Balaban J connectivity index is 1.66. The number of furan rings is 1. The molecule has 0 bridgehead atoms. The number of esters is 1. The van der Waals surface area contributed by atoms with Gasteiger partial charge in [0.15, 0.2) is 0 Å². The molecule has 140 valence electrons.